The molecule has 27 heavy (non-hydrogen) atoms. The lowest BCUT2D eigenvalue weighted by Gasteiger charge is -2.29. The lowest BCUT2D eigenvalue weighted by Crippen LogP contribution is -2.53. The van der Waals surface area contributed by atoms with Crippen LogP contribution in [0, 0.1) is 0 Å². The number of halogens is 2. The fourth-order valence-corrected chi connectivity index (χ4v) is 2.61. The van der Waals surface area contributed by atoms with Gasteiger partial charge in [-0.1, -0.05) is 12.1 Å². The van der Waals surface area contributed by atoms with Crippen LogP contribution in [0.2, 0.25) is 0 Å². The third kappa shape index (κ3) is 6.18. The third-order valence-corrected chi connectivity index (χ3v) is 3.90. The summed E-state index contributed by atoms with van der Waals surface area (Å²) in [4.78, 5) is 28.8. The van der Waals surface area contributed by atoms with Crippen molar-refractivity contribution < 1.29 is 14.3 Å². The first-order chi connectivity index (χ1) is 12.1. The second-order valence-electron chi connectivity index (χ2n) is 5.75. The van der Waals surface area contributed by atoms with E-state index in [1.165, 1.54) is 0 Å². The van der Waals surface area contributed by atoms with Gasteiger partial charge in [-0.05, 0) is 37.3 Å². The van der Waals surface area contributed by atoms with Crippen molar-refractivity contribution in [3.8, 4) is 0 Å². The highest BCUT2D eigenvalue weighted by atomic mass is 35.5. The van der Waals surface area contributed by atoms with Crippen LogP contribution in [0.1, 0.15) is 17.3 Å². The van der Waals surface area contributed by atoms with Crippen LogP contribution in [0.15, 0.2) is 48.7 Å². The molecule has 1 aromatic carbocycles. The zero-order valence-electron chi connectivity index (χ0n) is 14.7. The van der Waals surface area contributed by atoms with Gasteiger partial charge in [-0.25, -0.2) is 4.98 Å². The smallest absolute Gasteiger partial charge is 0.256 e. The van der Waals surface area contributed by atoms with Crippen molar-refractivity contribution >= 4 is 48.1 Å². The van der Waals surface area contributed by atoms with Crippen LogP contribution in [0.25, 0.3) is 0 Å². The maximum absolute atomic E-state index is 12.4. The molecule has 1 aromatic heterocycles. The minimum atomic E-state index is -0.417. The average molecular weight is 413 g/mol. The Bertz CT molecular complexity index is 761. The van der Waals surface area contributed by atoms with E-state index in [4.69, 9.17) is 4.74 Å². The summed E-state index contributed by atoms with van der Waals surface area (Å²) in [5.74, 6) is -0.00362. The molecule has 3 rings (SSSR count). The Labute approximate surface area is 170 Å². The first kappa shape index (κ1) is 22.9. The van der Waals surface area contributed by atoms with Crippen LogP contribution in [0.4, 0.5) is 11.5 Å². The number of hydrogen-bond donors (Lipinski definition) is 3. The topological polar surface area (TPSA) is 92.4 Å². The molecule has 1 aliphatic rings. The lowest BCUT2D eigenvalue weighted by molar-refractivity contribution is -0.123. The van der Waals surface area contributed by atoms with Crippen LogP contribution in [-0.4, -0.2) is 42.1 Å². The molecule has 0 radical (unpaired) electrons. The van der Waals surface area contributed by atoms with Gasteiger partial charge in [-0.3, -0.25) is 9.59 Å². The van der Waals surface area contributed by atoms with Crippen LogP contribution in [-0.2, 0) is 9.53 Å². The van der Waals surface area contributed by atoms with Crippen LogP contribution in [0.5, 0.6) is 0 Å². The van der Waals surface area contributed by atoms with Crippen molar-refractivity contribution in [3.05, 3.63) is 54.2 Å². The monoisotopic (exact) mass is 412 g/mol. The molecule has 2 aromatic rings. The molecule has 3 N–H and O–H groups in total. The number of nitrogens with zero attached hydrogens (tertiary/aromatic N) is 1. The summed E-state index contributed by atoms with van der Waals surface area (Å²) in [5.41, 5.74) is 0.989. The van der Waals surface area contributed by atoms with Gasteiger partial charge in [0.2, 0.25) is 5.91 Å². The Hall–Kier alpha value is -2.19. The number of nitrogens with one attached hydrogen (secondary N) is 3. The fourth-order valence-electron chi connectivity index (χ4n) is 2.61. The number of aromatic nitrogens is 1. The zero-order valence-corrected chi connectivity index (χ0v) is 16.3. The number of ether oxygens (including phenoxy) is 1. The van der Waals surface area contributed by atoms with Crippen molar-refractivity contribution in [1.82, 2.24) is 10.3 Å². The minimum Gasteiger partial charge on any atom is -0.375 e. The molecular weight excluding hydrogens is 391 g/mol. The fraction of sp³-hybridized carbons (Fsp3) is 0.278. The highest BCUT2D eigenvalue weighted by Crippen LogP contribution is 2.14. The summed E-state index contributed by atoms with van der Waals surface area (Å²) in [6, 6.07) is 11.6. The van der Waals surface area contributed by atoms with Crippen molar-refractivity contribution in [2.45, 2.75) is 19.1 Å². The maximum Gasteiger partial charge on any atom is 0.256 e. The van der Waals surface area contributed by atoms with Crippen LogP contribution >= 0.6 is 24.8 Å². The third-order valence-electron chi connectivity index (χ3n) is 3.90. The second-order valence-corrected chi connectivity index (χ2v) is 5.75. The van der Waals surface area contributed by atoms with Gasteiger partial charge in [-0.15, -0.1) is 24.8 Å². The molecule has 7 nitrogen and oxygen atoms in total. The molecule has 0 aliphatic carbocycles. The number of morpholine rings is 1. The quantitative estimate of drug-likeness (QED) is 0.717. The van der Waals surface area contributed by atoms with Crippen molar-refractivity contribution in [1.29, 1.82) is 0 Å². The second kappa shape index (κ2) is 10.8. The van der Waals surface area contributed by atoms with Crippen LogP contribution < -0.4 is 16.0 Å². The van der Waals surface area contributed by atoms with E-state index in [0.29, 0.717) is 30.2 Å². The molecule has 1 aliphatic heterocycles. The number of carbonyl (C=O) groups excluding carboxylic acids is 2. The van der Waals surface area contributed by atoms with E-state index < -0.39 is 6.04 Å². The first-order valence-electron chi connectivity index (χ1n) is 8.12. The van der Waals surface area contributed by atoms with Gasteiger partial charge in [0.1, 0.15) is 11.9 Å². The minimum absolute atomic E-state index is 0. The normalized spacial score (nSPS) is 18.4. The van der Waals surface area contributed by atoms with Gasteiger partial charge < -0.3 is 20.7 Å². The predicted octanol–water partition coefficient (Wildman–Crippen LogP) is 2.49. The summed E-state index contributed by atoms with van der Waals surface area (Å²) < 4.78 is 5.48. The molecule has 1 saturated heterocycles. The molecule has 146 valence electrons. The van der Waals surface area contributed by atoms with Crippen molar-refractivity contribution in [2.75, 3.05) is 23.8 Å². The summed E-state index contributed by atoms with van der Waals surface area (Å²) in [7, 11) is 0. The molecular formula is C18H22Cl2N4O3. The molecule has 2 atom stereocenters. The zero-order chi connectivity index (χ0) is 17.6. The molecule has 0 bridgehead atoms. The molecule has 9 heteroatoms. The van der Waals surface area contributed by atoms with Crippen molar-refractivity contribution in [2.24, 2.45) is 0 Å². The van der Waals surface area contributed by atoms with E-state index in [1.54, 1.807) is 48.7 Å². The summed E-state index contributed by atoms with van der Waals surface area (Å²) >= 11 is 0. The largest absolute Gasteiger partial charge is 0.375 e. The van der Waals surface area contributed by atoms with Gasteiger partial charge in [0, 0.05) is 24.0 Å². The molecule has 2 heterocycles. The van der Waals surface area contributed by atoms with E-state index in [0.717, 1.165) is 0 Å². The number of carbonyl (C=O) groups is 2. The van der Waals surface area contributed by atoms with E-state index in [9.17, 15) is 9.59 Å². The Morgan fingerprint density at radius 2 is 1.96 bits per heavy atom. The number of benzene rings is 1. The molecule has 0 unspecified atom stereocenters. The summed E-state index contributed by atoms with van der Waals surface area (Å²) in [6.45, 7) is 3.08. The molecule has 1 fully saturated rings. The molecule has 0 saturated carbocycles. The van der Waals surface area contributed by atoms with Crippen molar-refractivity contribution in [3.63, 3.8) is 0 Å². The Morgan fingerprint density at radius 3 is 2.67 bits per heavy atom. The SMILES string of the molecule is C[C@H]1OCCN[C@@H]1C(=O)Nc1cccc(C(=O)Nc2ccccn2)c1.Cl.Cl. The van der Waals surface area contributed by atoms with Gasteiger partial charge in [0.15, 0.2) is 0 Å². The Morgan fingerprint density at radius 1 is 1.15 bits per heavy atom. The van der Waals surface area contributed by atoms with E-state index in [1.807, 2.05) is 6.92 Å². The lowest BCUT2D eigenvalue weighted by atomic mass is 10.1. The molecule has 2 amide bonds. The Balaban J connectivity index is 0.00000182. The number of anilines is 2. The van der Waals surface area contributed by atoms with Gasteiger partial charge in [0.05, 0.1) is 12.7 Å². The molecule has 0 spiro atoms. The first-order valence-corrected chi connectivity index (χ1v) is 8.12. The number of hydrogen-bond acceptors (Lipinski definition) is 5. The van der Waals surface area contributed by atoms with E-state index in [-0.39, 0.29) is 42.7 Å². The van der Waals surface area contributed by atoms with Crippen LogP contribution in [0.3, 0.4) is 0 Å². The summed E-state index contributed by atoms with van der Waals surface area (Å²) in [6.07, 6.45) is 1.40. The maximum atomic E-state index is 12.4. The highest BCUT2D eigenvalue weighted by molar-refractivity contribution is 6.05. The summed E-state index contributed by atoms with van der Waals surface area (Å²) in [5, 5.41) is 8.67. The number of rotatable bonds is 4. The predicted molar refractivity (Wildman–Crippen MR) is 109 cm³/mol. The number of pyridine rings is 1. The van der Waals surface area contributed by atoms with Gasteiger partial charge in [0.25, 0.3) is 5.91 Å². The standard InChI is InChI=1S/C18H20N4O3.2ClH/c1-12-16(20-9-10-25-12)18(24)21-14-6-4-5-13(11-14)17(23)22-15-7-2-3-8-19-15;;/h2-8,11-12,16,20H,9-10H2,1H3,(H,21,24)(H,19,22,23);2*1H/t12-,16+;;/m1../s1. The average Bonchev–Trinajstić information content (AvgIpc) is 2.63. The Kier molecular flexibility index (Phi) is 9.17. The van der Waals surface area contributed by atoms with E-state index in [2.05, 4.69) is 20.9 Å². The van der Waals surface area contributed by atoms with Gasteiger partial charge in [-0.2, -0.15) is 0 Å². The number of amides is 2. The van der Waals surface area contributed by atoms with Gasteiger partial charge >= 0.3 is 0 Å². The van der Waals surface area contributed by atoms with E-state index >= 15 is 0 Å². The highest BCUT2D eigenvalue weighted by Gasteiger charge is 2.28.